The van der Waals surface area contributed by atoms with Crippen molar-refractivity contribution in [3.63, 3.8) is 0 Å². The highest BCUT2D eigenvalue weighted by Gasteiger charge is 2.43. The summed E-state index contributed by atoms with van der Waals surface area (Å²) in [6.45, 7) is 4.99. The number of alkyl halides is 6. The molecule has 1 N–H and O–H groups in total. The van der Waals surface area contributed by atoms with Crippen LogP contribution in [-0.4, -0.2) is 29.4 Å². The summed E-state index contributed by atoms with van der Waals surface area (Å²) in [6.07, 6.45) is -7.00. The minimum atomic E-state index is -4.99. The quantitative estimate of drug-likeness (QED) is 0.359. The van der Waals surface area contributed by atoms with Crippen molar-refractivity contribution in [3.8, 4) is 0 Å². The second kappa shape index (κ2) is 11.1. The van der Waals surface area contributed by atoms with Gasteiger partial charge in [0, 0.05) is 30.4 Å². The number of ether oxygens (including phenoxy) is 1. The van der Waals surface area contributed by atoms with Crippen molar-refractivity contribution in [1.82, 2.24) is 10.4 Å². The van der Waals surface area contributed by atoms with E-state index in [1.165, 1.54) is 11.1 Å². The topological polar surface area (TPSA) is 54.0 Å². The molecule has 2 aliphatic rings. The molecule has 6 nitrogen and oxygen atoms in total. The van der Waals surface area contributed by atoms with E-state index in [0.29, 0.717) is 41.2 Å². The molecule has 2 atom stereocenters. The van der Waals surface area contributed by atoms with Crippen LogP contribution in [0.25, 0.3) is 0 Å². The van der Waals surface area contributed by atoms with Crippen molar-refractivity contribution < 1.29 is 40.7 Å². The van der Waals surface area contributed by atoms with Crippen LogP contribution in [0.3, 0.4) is 0 Å². The van der Waals surface area contributed by atoms with Gasteiger partial charge in [-0.2, -0.15) is 26.3 Å². The number of anilines is 1. The molecule has 2 heterocycles. The molecule has 4 rings (SSSR count). The first-order valence-electron chi connectivity index (χ1n) is 12.5. The van der Waals surface area contributed by atoms with Gasteiger partial charge in [0.15, 0.2) is 5.72 Å². The number of fused-ring (bicyclic) bond motifs is 1. The Kier molecular flexibility index (Phi) is 8.35. The highest BCUT2D eigenvalue weighted by Crippen LogP contribution is 2.44. The summed E-state index contributed by atoms with van der Waals surface area (Å²) >= 11 is 6.29. The molecule has 218 valence electrons. The first-order valence-corrected chi connectivity index (χ1v) is 12.9. The minimum Gasteiger partial charge on any atom is -0.446 e. The molecule has 2 aliphatic heterocycles. The number of hydroxylamine groups is 1. The predicted octanol–water partition coefficient (Wildman–Crippen LogP) is 7.83. The van der Waals surface area contributed by atoms with Crippen molar-refractivity contribution >= 4 is 23.4 Å². The molecule has 0 saturated carbocycles. The maximum absolute atomic E-state index is 13.6. The van der Waals surface area contributed by atoms with Gasteiger partial charge in [0.2, 0.25) is 0 Å². The van der Waals surface area contributed by atoms with Crippen LogP contribution in [0.1, 0.15) is 61.9 Å². The highest BCUT2D eigenvalue weighted by atomic mass is 35.5. The van der Waals surface area contributed by atoms with Gasteiger partial charge in [-0.3, -0.25) is 20.1 Å². The lowest BCUT2D eigenvalue weighted by Gasteiger charge is -2.41. The van der Waals surface area contributed by atoms with Gasteiger partial charge in [0.25, 0.3) is 0 Å². The number of benzene rings is 2. The summed E-state index contributed by atoms with van der Waals surface area (Å²) in [4.78, 5) is 21.8. The molecular formula is C27H28ClF6N3O3. The number of carbonyl (C=O) groups is 1. The van der Waals surface area contributed by atoms with E-state index in [4.69, 9.17) is 21.2 Å². The number of hydrogen-bond acceptors (Lipinski definition) is 5. The van der Waals surface area contributed by atoms with Gasteiger partial charge in [-0.05, 0) is 81.1 Å². The van der Waals surface area contributed by atoms with Crippen LogP contribution in [-0.2, 0) is 28.5 Å². The van der Waals surface area contributed by atoms with Gasteiger partial charge in [-0.15, -0.1) is 0 Å². The fraction of sp³-hybridized carbons (Fsp3) is 0.444. The third-order valence-electron chi connectivity index (χ3n) is 6.73. The molecule has 2 aromatic carbocycles. The van der Waals surface area contributed by atoms with Crippen LogP contribution in [0.15, 0.2) is 48.7 Å². The fourth-order valence-corrected chi connectivity index (χ4v) is 5.11. The van der Waals surface area contributed by atoms with Crippen molar-refractivity contribution in [2.24, 2.45) is 0 Å². The number of carbonyl (C=O) groups excluding carboxylic acids is 1. The Labute approximate surface area is 232 Å². The number of nitrogens with one attached hydrogen (secondary N) is 1. The lowest BCUT2D eigenvalue weighted by atomic mass is 9.95. The zero-order valence-electron chi connectivity index (χ0n) is 21.9. The Balaban J connectivity index is 1.83. The molecule has 13 heteroatoms. The molecule has 40 heavy (non-hydrogen) atoms. The molecule has 2 aromatic rings. The van der Waals surface area contributed by atoms with Crippen LogP contribution >= 0.6 is 11.6 Å². The monoisotopic (exact) mass is 591 g/mol. The van der Waals surface area contributed by atoms with E-state index < -0.39 is 47.4 Å². The number of amides is 1. The van der Waals surface area contributed by atoms with Gasteiger partial charge >= 0.3 is 18.4 Å². The van der Waals surface area contributed by atoms with Gasteiger partial charge in [-0.1, -0.05) is 17.7 Å². The molecule has 0 fully saturated rings. The van der Waals surface area contributed by atoms with Gasteiger partial charge in [-0.25, -0.2) is 4.79 Å². The van der Waals surface area contributed by atoms with E-state index in [1.54, 1.807) is 49.9 Å². The van der Waals surface area contributed by atoms with Crippen molar-refractivity contribution in [2.75, 3.05) is 11.4 Å². The number of nitrogens with zero attached hydrogens (tertiary/aromatic N) is 2. The summed E-state index contributed by atoms with van der Waals surface area (Å²) in [5, 5.41) is 0.339. The molecule has 0 aliphatic carbocycles. The molecule has 0 aromatic heterocycles. The van der Waals surface area contributed by atoms with Crippen LogP contribution in [0.4, 0.5) is 36.8 Å². The van der Waals surface area contributed by atoms with E-state index in [1.807, 2.05) is 0 Å². The zero-order valence-corrected chi connectivity index (χ0v) is 22.6. The first-order chi connectivity index (χ1) is 18.6. The standard InChI is InChI=1S/C27H28ClF6N3O3/c1-16(2)39-24(38)36-10-4-5-22(21-7-6-20(28)14-23(21)36)37(25(3)8-9-35-40-25)15-17-11-18(26(29,30)31)13-19(12-17)27(32,33)34/h6-9,11-14,16,22,35H,4-5,10,15H2,1-3H3. The van der Waals surface area contributed by atoms with Crippen LogP contribution < -0.4 is 10.4 Å². The largest absolute Gasteiger partial charge is 0.446 e. The minimum absolute atomic E-state index is 0.101. The Morgan fingerprint density at radius 3 is 2.35 bits per heavy atom. The first kappa shape index (κ1) is 30.0. The Morgan fingerprint density at radius 2 is 1.80 bits per heavy atom. The highest BCUT2D eigenvalue weighted by molar-refractivity contribution is 6.31. The molecular weight excluding hydrogens is 564 g/mol. The molecule has 2 unspecified atom stereocenters. The Bertz CT molecular complexity index is 1250. The zero-order chi connectivity index (χ0) is 29.5. The maximum Gasteiger partial charge on any atom is 0.416 e. The Hall–Kier alpha value is -2.96. The summed E-state index contributed by atoms with van der Waals surface area (Å²) in [7, 11) is 0. The normalized spacial score (nSPS) is 21.4. The lowest BCUT2D eigenvalue weighted by Crippen LogP contribution is -2.48. The van der Waals surface area contributed by atoms with Crippen molar-refractivity contribution in [3.05, 3.63) is 76.0 Å². The second-order valence-corrected chi connectivity index (χ2v) is 10.5. The molecule has 1 amide bonds. The summed E-state index contributed by atoms with van der Waals surface area (Å²) in [5.41, 5.74) is -0.648. The summed E-state index contributed by atoms with van der Waals surface area (Å²) in [5.74, 6) is 0. The average Bonchev–Trinajstić information content (AvgIpc) is 3.20. The average molecular weight is 592 g/mol. The molecule has 0 radical (unpaired) electrons. The third kappa shape index (κ3) is 6.50. The van der Waals surface area contributed by atoms with Crippen LogP contribution in [0.2, 0.25) is 5.02 Å². The van der Waals surface area contributed by atoms with Crippen molar-refractivity contribution in [1.29, 1.82) is 0 Å². The van der Waals surface area contributed by atoms with Gasteiger partial charge < -0.3 is 4.74 Å². The Morgan fingerprint density at radius 1 is 1.15 bits per heavy atom. The summed E-state index contributed by atoms with van der Waals surface area (Å²) < 4.78 is 87.1. The van der Waals surface area contributed by atoms with Crippen LogP contribution in [0, 0.1) is 0 Å². The fourth-order valence-electron chi connectivity index (χ4n) is 4.94. The molecule has 0 bridgehead atoms. The maximum atomic E-state index is 13.6. The lowest BCUT2D eigenvalue weighted by molar-refractivity contribution is -0.150. The van der Waals surface area contributed by atoms with Gasteiger partial charge in [0.05, 0.1) is 22.9 Å². The van der Waals surface area contributed by atoms with Gasteiger partial charge in [0.1, 0.15) is 0 Å². The second-order valence-electron chi connectivity index (χ2n) is 10.1. The van der Waals surface area contributed by atoms with E-state index in [9.17, 15) is 31.1 Å². The smallest absolute Gasteiger partial charge is 0.416 e. The number of halogens is 7. The van der Waals surface area contributed by atoms with Crippen LogP contribution in [0.5, 0.6) is 0 Å². The number of hydrogen-bond donors (Lipinski definition) is 1. The predicted molar refractivity (Wildman–Crippen MR) is 136 cm³/mol. The van der Waals surface area contributed by atoms with Crippen molar-refractivity contribution in [2.45, 2.75) is 70.4 Å². The third-order valence-corrected chi connectivity index (χ3v) is 6.97. The van der Waals surface area contributed by atoms with E-state index in [-0.39, 0.29) is 24.7 Å². The van der Waals surface area contributed by atoms with E-state index >= 15 is 0 Å². The summed E-state index contributed by atoms with van der Waals surface area (Å²) in [6, 6.07) is 5.83. The SMILES string of the molecule is CC(C)OC(=O)N1CCCC(N(Cc2cc(C(F)(F)F)cc(C(F)(F)F)c2)C2(C)C=CNO2)c2ccc(Cl)cc21. The van der Waals surface area contributed by atoms with E-state index in [0.717, 1.165) is 0 Å². The number of rotatable bonds is 5. The molecule has 0 saturated heterocycles. The molecule has 0 spiro atoms. The van der Waals surface area contributed by atoms with E-state index in [2.05, 4.69) is 5.48 Å².